The van der Waals surface area contributed by atoms with Crippen molar-refractivity contribution < 1.29 is 28.5 Å². The molecule has 1 aromatic heterocycles. The Bertz CT molecular complexity index is 1150. The van der Waals surface area contributed by atoms with E-state index in [9.17, 15) is 9.59 Å². The summed E-state index contributed by atoms with van der Waals surface area (Å²) in [7, 11) is 5.54. The third-order valence-electron chi connectivity index (χ3n) is 4.85. The Morgan fingerprint density at radius 1 is 1.00 bits per heavy atom. The van der Waals surface area contributed by atoms with Crippen LogP contribution < -0.4 is 9.47 Å². The minimum Gasteiger partial charge on any atom is -0.493 e. The van der Waals surface area contributed by atoms with E-state index in [0.29, 0.717) is 29.2 Å². The number of nitrogens with zero attached hydrogens (tertiary/aromatic N) is 2. The van der Waals surface area contributed by atoms with Crippen molar-refractivity contribution in [2.24, 2.45) is 0 Å². The second-order valence-corrected chi connectivity index (χ2v) is 6.67. The van der Waals surface area contributed by atoms with Crippen LogP contribution in [-0.4, -0.2) is 50.2 Å². The van der Waals surface area contributed by atoms with Gasteiger partial charge in [0.1, 0.15) is 11.3 Å². The molecule has 8 nitrogen and oxygen atoms in total. The number of para-hydroxylation sites is 1. The Labute approximate surface area is 186 Å². The van der Waals surface area contributed by atoms with E-state index in [4.69, 9.17) is 18.9 Å². The number of esters is 2. The number of carbonyl (C=O) groups is 2. The lowest BCUT2D eigenvalue weighted by Crippen LogP contribution is -2.15. The van der Waals surface area contributed by atoms with Crippen molar-refractivity contribution in [1.29, 1.82) is 0 Å². The summed E-state index contributed by atoms with van der Waals surface area (Å²) in [6, 6.07) is 12.5. The fourth-order valence-corrected chi connectivity index (χ4v) is 3.44. The van der Waals surface area contributed by atoms with Gasteiger partial charge in [0.2, 0.25) is 0 Å². The number of allylic oxidation sites excluding steroid dienone is 1. The van der Waals surface area contributed by atoms with E-state index < -0.39 is 11.9 Å². The highest BCUT2D eigenvalue weighted by atomic mass is 16.5. The zero-order valence-electron chi connectivity index (χ0n) is 18.4. The van der Waals surface area contributed by atoms with Crippen molar-refractivity contribution in [3.63, 3.8) is 0 Å². The third kappa shape index (κ3) is 4.07. The Balaban J connectivity index is 2.39. The zero-order chi connectivity index (χ0) is 23.3. The van der Waals surface area contributed by atoms with E-state index in [0.717, 1.165) is 5.56 Å². The SMILES string of the molecule is C=CCc1cc(-c2nn(-c3ccccc3)c(C(=O)OC)c2C(=O)OC)cc(OC)c1OC. The maximum absolute atomic E-state index is 12.8. The number of ether oxygens (including phenoxy) is 4. The molecule has 3 aromatic rings. The predicted molar refractivity (Wildman–Crippen MR) is 119 cm³/mol. The Morgan fingerprint density at radius 3 is 2.25 bits per heavy atom. The summed E-state index contributed by atoms with van der Waals surface area (Å²) in [6.45, 7) is 3.79. The van der Waals surface area contributed by atoms with Crippen molar-refractivity contribution in [2.75, 3.05) is 28.4 Å². The predicted octanol–water partition coefficient (Wildman–Crippen LogP) is 3.86. The first-order valence-corrected chi connectivity index (χ1v) is 9.71. The minimum absolute atomic E-state index is 0.0139. The number of methoxy groups -OCH3 is 4. The molecule has 0 atom stereocenters. The second-order valence-electron chi connectivity index (χ2n) is 6.67. The van der Waals surface area contributed by atoms with Crippen molar-refractivity contribution in [3.05, 3.63) is 71.9 Å². The first kappa shape index (κ1) is 22.6. The molecule has 8 heteroatoms. The lowest BCUT2D eigenvalue weighted by molar-refractivity contribution is 0.0549. The number of hydrogen-bond acceptors (Lipinski definition) is 7. The standard InChI is InChI=1S/C24H24N2O6/c1-6-10-15-13-16(14-18(29-2)22(15)30-3)20-19(23(27)31-4)21(24(28)32-5)26(25-20)17-11-8-7-9-12-17/h6-9,11-14H,1,10H2,2-5H3. The fourth-order valence-electron chi connectivity index (χ4n) is 3.44. The van der Waals surface area contributed by atoms with Crippen LogP contribution in [0.2, 0.25) is 0 Å². The van der Waals surface area contributed by atoms with Gasteiger partial charge in [-0.2, -0.15) is 5.10 Å². The number of benzene rings is 2. The molecule has 0 aliphatic rings. The molecule has 2 aromatic carbocycles. The van der Waals surface area contributed by atoms with E-state index in [-0.39, 0.29) is 17.0 Å². The molecule has 32 heavy (non-hydrogen) atoms. The van der Waals surface area contributed by atoms with Crippen LogP contribution in [0.4, 0.5) is 0 Å². The third-order valence-corrected chi connectivity index (χ3v) is 4.85. The fraction of sp³-hybridized carbons (Fsp3) is 0.208. The van der Waals surface area contributed by atoms with Crippen molar-refractivity contribution >= 4 is 11.9 Å². The van der Waals surface area contributed by atoms with E-state index in [1.807, 2.05) is 12.1 Å². The highest BCUT2D eigenvalue weighted by molar-refractivity contribution is 6.07. The first-order valence-electron chi connectivity index (χ1n) is 9.71. The van der Waals surface area contributed by atoms with Gasteiger partial charge in [0, 0.05) is 11.1 Å². The molecule has 0 spiro atoms. The van der Waals surface area contributed by atoms with E-state index in [2.05, 4.69) is 11.7 Å². The molecular formula is C24H24N2O6. The molecule has 0 aliphatic carbocycles. The largest absolute Gasteiger partial charge is 0.493 e. The van der Waals surface area contributed by atoms with Gasteiger partial charge in [-0.3, -0.25) is 0 Å². The molecule has 0 radical (unpaired) electrons. The minimum atomic E-state index is -0.722. The van der Waals surface area contributed by atoms with Gasteiger partial charge in [0.25, 0.3) is 0 Å². The normalized spacial score (nSPS) is 10.4. The monoisotopic (exact) mass is 436 g/mol. The average molecular weight is 436 g/mol. The molecule has 0 unspecified atom stereocenters. The summed E-state index contributed by atoms with van der Waals surface area (Å²) < 4.78 is 22.3. The van der Waals surface area contributed by atoms with Gasteiger partial charge in [0.05, 0.1) is 34.1 Å². The van der Waals surface area contributed by atoms with Gasteiger partial charge in [-0.15, -0.1) is 6.58 Å². The molecule has 3 rings (SSSR count). The number of aromatic nitrogens is 2. The summed E-state index contributed by atoms with van der Waals surface area (Å²) in [5.41, 5.74) is 2.09. The summed E-state index contributed by atoms with van der Waals surface area (Å²) in [5.74, 6) is -0.444. The summed E-state index contributed by atoms with van der Waals surface area (Å²) in [6.07, 6.45) is 2.22. The molecule has 1 heterocycles. The zero-order valence-corrected chi connectivity index (χ0v) is 18.4. The van der Waals surface area contributed by atoms with Crippen LogP contribution in [-0.2, 0) is 15.9 Å². The van der Waals surface area contributed by atoms with Gasteiger partial charge in [-0.25, -0.2) is 14.3 Å². The van der Waals surface area contributed by atoms with Crippen LogP contribution in [0.1, 0.15) is 26.4 Å². The van der Waals surface area contributed by atoms with Gasteiger partial charge in [-0.1, -0.05) is 24.3 Å². The lowest BCUT2D eigenvalue weighted by atomic mass is 10.0. The van der Waals surface area contributed by atoms with Crippen LogP contribution in [0.25, 0.3) is 16.9 Å². The maximum Gasteiger partial charge on any atom is 0.357 e. The molecule has 0 saturated heterocycles. The highest BCUT2D eigenvalue weighted by Crippen LogP contribution is 2.38. The van der Waals surface area contributed by atoms with E-state index >= 15 is 0 Å². The molecule has 0 bridgehead atoms. The molecule has 166 valence electrons. The molecule has 0 amide bonds. The first-order chi connectivity index (χ1) is 15.5. The van der Waals surface area contributed by atoms with E-state index in [1.165, 1.54) is 26.0 Å². The van der Waals surface area contributed by atoms with E-state index in [1.54, 1.807) is 43.5 Å². The van der Waals surface area contributed by atoms with Crippen LogP contribution >= 0.6 is 0 Å². The van der Waals surface area contributed by atoms with Gasteiger partial charge < -0.3 is 18.9 Å². The number of hydrogen-bond donors (Lipinski definition) is 0. The highest BCUT2D eigenvalue weighted by Gasteiger charge is 2.32. The Hall–Kier alpha value is -4.07. The second kappa shape index (κ2) is 9.82. The smallest absolute Gasteiger partial charge is 0.357 e. The summed E-state index contributed by atoms with van der Waals surface area (Å²) >= 11 is 0. The quantitative estimate of drug-likeness (QED) is 0.391. The molecule has 0 fully saturated rings. The van der Waals surface area contributed by atoms with Crippen molar-refractivity contribution in [1.82, 2.24) is 9.78 Å². The van der Waals surface area contributed by atoms with Gasteiger partial charge >= 0.3 is 11.9 Å². The number of rotatable bonds is 8. The Morgan fingerprint density at radius 2 is 1.69 bits per heavy atom. The van der Waals surface area contributed by atoms with Gasteiger partial charge in [0.15, 0.2) is 17.2 Å². The molecule has 0 N–H and O–H groups in total. The van der Waals surface area contributed by atoms with Crippen LogP contribution in [0.5, 0.6) is 11.5 Å². The van der Waals surface area contributed by atoms with Crippen LogP contribution in [0.3, 0.4) is 0 Å². The van der Waals surface area contributed by atoms with Gasteiger partial charge in [-0.05, 0) is 30.7 Å². The molecule has 0 aliphatic heterocycles. The maximum atomic E-state index is 12.8. The topological polar surface area (TPSA) is 88.9 Å². The molecule has 0 saturated carbocycles. The summed E-state index contributed by atoms with van der Waals surface area (Å²) in [4.78, 5) is 25.6. The Kier molecular flexibility index (Phi) is 6.94. The summed E-state index contributed by atoms with van der Waals surface area (Å²) in [5, 5.41) is 4.61. The van der Waals surface area contributed by atoms with Crippen LogP contribution in [0, 0.1) is 0 Å². The van der Waals surface area contributed by atoms with Crippen molar-refractivity contribution in [3.8, 4) is 28.4 Å². The average Bonchev–Trinajstić information content (AvgIpc) is 3.24. The number of carbonyl (C=O) groups excluding carboxylic acids is 2. The van der Waals surface area contributed by atoms with Crippen molar-refractivity contribution in [2.45, 2.75) is 6.42 Å². The van der Waals surface area contributed by atoms with Crippen LogP contribution in [0.15, 0.2) is 55.1 Å². The lowest BCUT2D eigenvalue weighted by Gasteiger charge is -2.14. The molecular weight excluding hydrogens is 412 g/mol.